The van der Waals surface area contributed by atoms with E-state index in [0.717, 1.165) is 12.5 Å². The van der Waals surface area contributed by atoms with Crippen LogP contribution in [0.1, 0.15) is 51.4 Å². The van der Waals surface area contributed by atoms with E-state index in [4.69, 9.17) is 4.74 Å². The second kappa shape index (κ2) is 11.9. The van der Waals surface area contributed by atoms with Crippen LogP contribution in [0, 0.1) is 15.9 Å². The molecule has 14 heteroatoms. The standard InChI is InChI=1S/C27H27BrF3N5O5/c1-26(2,3)41-25(37)35-27(10-5-11-27)23-33-12-15(13-34-23)16-8-9-19(36(38)39)22(21(16)29)32-14-17-18(28)6-4-7-20(17)40-24(30)31/h4,6-9,12-13,24,32H,5,10-11,14H2,1-3H3,(H,35,37). The minimum absolute atomic E-state index is 0.0245. The number of hydrogen-bond donors (Lipinski definition) is 2. The highest BCUT2D eigenvalue weighted by Gasteiger charge is 2.43. The van der Waals surface area contributed by atoms with Gasteiger partial charge in [-0.3, -0.25) is 10.1 Å². The quantitative estimate of drug-likeness (QED) is 0.188. The van der Waals surface area contributed by atoms with Gasteiger partial charge < -0.3 is 20.1 Å². The number of nitrogens with one attached hydrogen (secondary N) is 2. The highest BCUT2D eigenvalue weighted by Crippen LogP contribution is 2.41. The Balaban J connectivity index is 1.62. The van der Waals surface area contributed by atoms with E-state index >= 15 is 4.39 Å². The molecule has 0 bridgehead atoms. The van der Waals surface area contributed by atoms with Crippen molar-refractivity contribution in [3.8, 4) is 16.9 Å². The summed E-state index contributed by atoms with van der Waals surface area (Å²) >= 11 is 3.25. The molecule has 0 aliphatic heterocycles. The van der Waals surface area contributed by atoms with E-state index in [1.54, 1.807) is 26.8 Å². The number of aromatic nitrogens is 2. The zero-order valence-corrected chi connectivity index (χ0v) is 23.9. The number of nitro groups is 1. The van der Waals surface area contributed by atoms with Gasteiger partial charge in [0.1, 0.15) is 16.9 Å². The Kier molecular flexibility index (Phi) is 8.71. The molecule has 1 saturated carbocycles. The van der Waals surface area contributed by atoms with Crippen LogP contribution in [0.25, 0.3) is 11.1 Å². The van der Waals surface area contributed by atoms with Gasteiger partial charge >= 0.3 is 12.7 Å². The number of nitro benzene ring substituents is 1. The molecule has 0 spiro atoms. The Morgan fingerprint density at radius 1 is 1.20 bits per heavy atom. The minimum atomic E-state index is -3.10. The maximum Gasteiger partial charge on any atom is 0.408 e. The molecule has 41 heavy (non-hydrogen) atoms. The van der Waals surface area contributed by atoms with Crippen LogP contribution in [-0.4, -0.2) is 33.2 Å². The molecular formula is C27H27BrF3N5O5. The Hall–Kier alpha value is -3.94. The number of nitrogens with zero attached hydrogens (tertiary/aromatic N) is 3. The predicted octanol–water partition coefficient (Wildman–Crippen LogP) is 7.07. The summed E-state index contributed by atoms with van der Waals surface area (Å²) in [5.41, 5.74) is -2.08. The minimum Gasteiger partial charge on any atom is -0.444 e. The number of halogens is 4. The molecule has 218 valence electrons. The van der Waals surface area contributed by atoms with Crippen LogP contribution >= 0.6 is 15.9 Å². The lowest BCUT2D eigenvalue weighted by molar-refractivity contribution is -0.384. The highest BCUT2D eigenvalue weighted by atomic mass is 79.9. The van der Waals surface area contributed by atoms with Crippen molar-refractivity contribution in [1.29, 1.82) is 0 Å². The molecular weight excluding hydrogens is 611 g/mol. The Morgan fingerprint density at radius 2 is 1.88 bits per heavy atom. The number of hydrogen-bond acceptors (Lipinski definition) is 8. The van der Waals surface area contributed by atoms with E-state index in [2.05, 4.69) is 41.3 Å². The van der Waals surface area contributed by atoms with Crippen molar-refractivity contribution >= 4 is 33.4 Å². The number of rotatable bonds is 9. The Morgan fingerprint density at radius 3 is 2.44 bits per heavy atom. The number of alkyl halides is 2. The molecule has 1 aliphatic rings. The normalized spacial score (nSPS) is 14.2. The summed E-state index contributed by atoms with van der Waals surface area (Å²) in [6.07, 6.45) is 4.17. The first-order chi connectivity index (χ1) is 19.3. The summed E-state index contributed by atoms with van der Waals surface area (Å²) in [7, 11) is 0. The lowest BCUT2D eigenvalue weighted by Crippen LogP contribution is -2.53. The molecule has 1 fully saturated rings. The molecule has 10 nitrogen and oxygen atoms in total. The Labute approximate surface area is 241 Å². The number of carbonyl (C=O) groups excluding carboxylic acids is 1. The third-order valence-corrected chi connectivity index (χ3v) is 7.13. The van der Waals surface area contributed by atoms with Crippen molar-refractivity contribution in [3.05, 3.63) is 74.5 Å². The number of anilines is 1. The average molecular weight is 638 g/mol. The number of alkyl carbamates (subject to hydrolysis) is 1. The fourth-order valence-corrected chi connectivity index (χ4v) is 4.84. The summed E-state index contributed by atoms with van der Waals surface area (Å²) in [5, 5.41) is 17.2. The maximum absolute atomic E-state index is 15.8. The molecule has 0 atom stereocenters. The number of ether oxygens (including phenoxy) is 2. The topological polar surface area (TPSA) is 129 Å². The fourth-order valence-electron chi connectivity index (χ4n) is 4.35. The van der Waals surface area contributed by atoms with E-state index in [1.807, 2.05) is 0 Å². The molecule has 0 radical (unpaired) electrons. The SMILES string of the molecule is CC(C)(C)OC(=O)NC1(c2ncc(-c3ccc([N+](=O)[O-])c(NCc4c(Br)cccc4OC(F)F)c3F)cn2)CCC1. The van der Waals surface area contributed by atoms with Gasteiger partial charge in [-0.15, -0.1) is 0 Å². The van der Waals surface area contributed by atoms with Crippen molar-refractivity contribution in [3.63, 3.8) is 0 Å². The summed E-state index contributed by atoms with van der Waals surface area (Å²) in [6.45, 7) is 1.89. The van der Waals surface area contributed by atoms with Crippen LogP contribution in [0.4, 0.5) is 29.3 Å². The summed E-state index contributed by atoms with van der Waals surface area (Å²) in [6, 6.07) is 6.72. The van der Waals surface area contributed by atoms with Gasteiger partial charge in [-0.25, -0.2) is 19.2 Å². The fraction of sp³-hybridized carbons (Fsp3) is 0.370. The van der Waals surface area contributed by atoms with Gasteiger partial charge in [0.2, 0.25) is 0 Å². The van der Waals surface area contributed by atoms with Crippen LogP contribution in [0.15, 0.2) is 47.2 Å². The lowest BCUT2D eigenvalue weighted by Gasteiger charge is -2.41. The van der Waals surface area contributed by atoms with Gasteiger partial charge in [-0.05, 0) is 58.2 Å². The molecule has 1 aliphatic carbocycles. The average Bonchev–Trinajstić information content (AvgIpc) is 2.85. The number of carbonyl (C=O) groups is 1. The maximum atomic E-state index is 15.8. The third kappa shape index (κ3) is 6.87. The molecule has 2 aromatic carbocycles. The van der Waals surface area contributed by atoms with Crippen molar-refractivity contribution in [2.45, 2.75) is 64.3 Å². The van der Waals surface area contributed by atoms with Gasteiger partial charge in [0, 0.05) is 46.2 Å². The number of benzene rings is 2. The Bertz CT molecular complexity index is 1450. The largest absolute Gasteiger partial charge is 0.444 e. The van der Waals surface area contributed by atoms with Crippen LogP contribution in [-0.2, 0) is 16.8 Å². The van der Waals surface area contributed by atoms with Crippen molar-refractivity contribution < 1.29 is 32.4 Å². The zero-order chi connectivity index (χ0) is 29.9. The van der Waals surface area contributed by atoms with Gasteiger partial charge in [-0.2, -0.15) is 8.78 Å². The second-order valence-corrected chi connectivity index (χ2v) is 11.2. The van der Waals surface area contributed by atoms with Crippen LogP contribution in [0.3, 0.4) is 0 Å². The molecule has 2 N–H and O–H groups in total. The number of amides is 1. The molecule has 0 saturated heterocycles. The van der Waals surface area contributed by atoms with Gasteiger partial charge in [0.05, 0.1) is 4.92 Å². The molecule has 1 heterocycles. The lowest BCUT2D eigenvalue weighted by atomic mass is 9.76. The van der Waals surface area contributed by atoms with Crippen LogP contribution in [0.5, 0.6) is 5.75 Å². The first-order valence-corrected chi connectivity index (χ1v) is 13.4. The van der Waals surface area contributed by atoms with E-state index in [-0.39, 0.29) is 29.0 Å². The second-order valence-electron chi connectivity index (χ2n) is 10.4. The van der Waals surface area contributed by atoms with Gasteiger partial charge in [0.15, 0.2) is 17.3 Å². The monoisotopic (exact) mass is 637 g/mol. The van der Waals surface area contributed by atoms with E-state index in [1.165, 1.54) is 30.6 Å². The highest BCUT2D eigenvalue weighted by molar-refractivity contribution is 9.10. The molecule has 0 unspecified atom stereocenters. The third-order valence-electron chi connectivity index (χ3n) is 6.39. The van der Waals surface area contributed by atoms with E-state index < -0.39 is 46.0 Å². The van der Waals surface area contributed by atoms with Crippen molar-refractivity contribution in [2.24, 2.45) is 0 Å². The first-order valence-electron chi connectivity index (χ1n) is 12.6. The molecule has 1 amide bonds. The van der Waals surface area contributed by atoms with Crippen LogP contribution < -0.4 is 15.4 Å². The molecule has 3 aromatic rings. The van der Waals surface area contributed by atoms with Gasteiger partial charge in [0.25, 0.3) is 5.69 Å². The smallest absolute Gasteiger partial charge is 0.408 e. The van der Waals surface area contributed by atoms with Gasteiger partial charge in [-0.1, -0.05) is 22.0 Å². The molecule has 1 aromatic heterocycles. The van der Waals surface area contributed by atoms with E-state index in [0.29, 0.717) is 23.1 Å². The van der Waals surface area contributed by atoms with Crippen LogP contribution in [0.2, 0.25) is 0 Å². The molecule has 4 rings (SSSR count). The zero-order valence-electron chi connectivity index (χ0n) is 22.3. The predicted molar refractivity (Wildman–Crippen MR) is 147 cm³/mol. The van der Waals surface area contributed by atoms with E-state index in [9.17, 15) is 23.7 Å². The van der Waals surface area contributed by atoms with Crippen molar-refractivity contribution in [2.75, 3.05) is 5.32 Å². The summed E-state index contributed by atoms with van der Waals surface area (Å²) in [5.74, 6) is -0.793. The van der Waals surface area contributed by atoms with Crippen molar-refractivity contribution in [1.82, 2.24) is 15.3 Å². The first kappa shape index (κ1) is 30.0. The summed E-state index contributed by atoms with van der Waals surface area (Å²) < 4.78 is 51.8. The summed E-state index contributed by atoms with van der Waals surface area (Å²) in [4.78, 5) is 32.1.